The van der Waals surface area contributed by atoms with E-state index in [4.69, 9.17) is 10.1 Å². The van der Waals surface area contributed by atoms with Crippen LogP contribution in [0.5, 0.6) is 0 Å². The monoisotopic (exact) mass is 236 g/mol. The predicted molar refractivity (Wildman–Crippen MR) is 57.5 cm³/mol. The first kappa shape index (κ1) is 10.8. The Morgan fingerprint density at radius 1 is 1.31 bits per heavy atom. The van der Waals surface area contributed by atoms with E-state index in [0.29, 0.717) is 12.0 Å². The minimum absolute atomic E-state index is 0.121. The highest BCUT2D eigenvalue weighted by Gasteiger charge is 2.33. The van der Waals surface area contributed by atoms with Gasteiger partial charge < -0.3 is 5.53 Å². The molecule has 1 aromatic carbocycles. The van der Waals surface area contributed by atoms with Gasteiger partial charge in [0.05, 0.1) is 5.56 Å². The largest absolute Gasteiger partial charge is 0.361 e. The highest BCUT2D eigenvalue weighted by Crippen LogP contribution is 2.23. The van der Waals surface area contributed by atoms with Crippen molar-refractivity contribution in [1.29, 1.82) is 0 Å². The molecule has 5 nitrogen and oxygen atoms in total. The SMILES string of the molecule is [N-]=[N+]=C1C(S(=O)(=O)O)=CCc2ccccc21. The maximum absolute atomic E-state index is 11.1. The number of benzene rings is 1. The second-order valence-electron chi connectivity index (χ2n) is 3.35. The Hall–Kier alpha value is -1.75. The summed E-state index contributed by atoms with van der Waals surface area (Å²) in [6.45, 7) is 0. The van der Waals surface area contributed by atoms with Crippen molar-refractivity contribution in [3.63, 3.8) is 0 Å². The van der Waals surface area contributed by atoms with Crippen molar-refractivity contribution in [2.45, 2.75) is 6.42 Å². The lowest BCUT2D eigenvalue weighted by atomic mass is 9.95. The maximum atomic E-state index is 11.1. The number of allylic oxidation sites excluding steroid dienone is 2. The molecule has 0 amide bonds. The smallest absolute Gasteiger partial charge is 0.343 e. The van der Waals surface area contributed by atoms with Gasteiger partial charge in [0.1, 0.15) is 0 Å². The van der Waals surface area contributed by atoms with E-state index in [0.717, 1.165) is 5.56 Å². The minimum atomic E-state index is -4.36. The lowest BCUT2D eigenvalue weighted by Gasteiger charge is -2.10. The molecule has 0 aromatic heterocycles. The zero-order chi connectivity index (χ0) is 11.8. The molecule has 0 aliphatic heterocycles. The standard InChI is InChI=1S/C10H8N2O3S/c11-12-10-8-4-2-1-3-7(8)5-6-9(10)16(13,14)15/h1-4,6H,5H2,(H,13,14,15). The van der Waals surface area contributed by atoms with Crippen LogP contribution in [0.25, 0.3) is 5.53 Å². The summed E-state index contributed by atoms with van der Waals surface area (Å²) in [5, 5.41) is 0. The number of hydrogen-bond donors (Lipinski definition) is 1. The summed E-state index contributed by atoms with van der Waals surface area (Å²) >= 11 is 0. The Kier molecular flexibility index (Phi) is 2.47. The summed E-state index contributed by atoms with van der Waals surface area (Å²) < 4.78 is 31.1. The summed E-state index contributed by atoms with van der Waals surface area (Å²) in [4.78, 5) is 2.59. The number of rotatable bonds is 1. The van der Waals surface area contributed by atoms with Gasteiger partial charge in [-0.15, -0.1) is 0 Å². The van der Waals surface area contributed by atoms with Crippen LogP contribution in [-0.2, 0) is 16.5 Å². The van der Waals surface area contributed by atoms with Gasteiger partial charge in [0, 0.05) is 0 Å². The maximum Gasteiger partial charge on any atom is 0.343 e. The lowest BCUT2D eigenvalue weighted by molar-refractivity contribution is -0.00277. The van der Waals surface area contributed by atoms with Crippen molar-refractivity contribution in [3.05, 3.63) is 51.9 Å². The van der Waals surface area contributed by atoms with Gasteiger partial charge in [-0.05, 0) is 18.1 Å². The Labute approximate surface area is 92.4 Å². The van der Waals surface area contributed by atoms with Crippen LogP contribution in [0.1, 0.15) is 11.1 Å². The van der Waals surface area contributed by atoms with Crippen molar-refractivity contribution in [3.8, 4) is 0 Å². The molecule has 0 fully saturated rings. The molecular weight excluding hydrogens is 228 g/mol. The van der Waals surface area contributed by atoms with Gasteiger partial charge >= 0.3 is 15.8 Å². The molecule has 1 aliphatic carbocycles. The summed E-state index contributed by atoms with van der Waals surface area (Å²) in [6, 6.07) is 6.96. The number of hydrogen-bond acceptors (Lipinski definition) is 2. The van der Waals surface area contributed by atoms with Gasteiger partial charge in [-0.25, -0.2) is 0 Å². The molecule has 0 saturated heterocycles. The zero-order valence-electron chi connectivity index (χ0n) is 8.16. The van der Waals surface area contributed by atoms with Crippen LogP contribution >= 0.6 is 0 Å². The first-order chi connectivity index (χ1) is 7.54. The molecule has 1 aromatic rings. The van der Waals surface area contributed by atoms with Crippen molar-refractivity contribution in [2.75, 3.05) is 0 Å². The Balaban J connectivity index is 2.68. The van der Waals surface area contributed by atoms with E-state index in [-0.39, 0.29) is 10.6 Å². The molecule has 2 rings (SSSR count). The van der Waals surface area contributed by atoms with Crippen LogP contribution in [0.4, 0.5) is 0 Å². The molecule has 0 heterocycles. The average Bonchev–Trinajstić information content (AvgIpc) is 2.26. The molecule has 16 heavy (non-hydrogen) atoms. The highest BCUT2D eigenvalue weighted by molar-refractivity contribution is 7.90. The van der Waals surface area contributed by atoms with Crippen molar-refractivity contribution < 1.29 is 17.8 Å². The third-order valence-electron chi connectivity index (χ3n) is 2.39. The van der Waals surface area contributed by atoms with Crippen molar-refractivity contribution in [1.82, 2.24) is 0 Å². The molecule has 82 valence electrons. The molecule has 0 unspecified atom stereocenters. The van der Waals surface area contributed by atoms with Gasteiger partial charge in [-0.2, -0.15) is 13.2 Å². The molecule has 0 spiro atoms. The molecule has 0 saturated carbocycles. The Bertz CT molecular complexity index is 625. The number of fused-ring (bicyclic) bond motifs is 1. The van der Waals surface area contributed by atoms with Crippen LogP contribution in [0.3, 0.4) is 0 Å². The summed E-state index contributed by atoms with van der Waals surface area (Å²) in [5.74, 6) is 0. The minimum Gasteiger partial charge on any atom is -0.361 e. The zero-order valence-corrected chi connectivity index (χ0v) is 8.98. The fourth-order valence-electron chi connectivity index (χ4n) is 1.69. The molecular formula is C10H8N2O3S. The second kappa shape index (κ2) is 3.68. The lowest BCUT2D eigenvalue weighted by Crippen LogP contribution is -2.20. The summed E-state index contributed by atoms with van der Waals surface area (Å²) in [7, 11) is -4.36. The topological polar surface area (TPSA) is 90.8 Å². The summed E-state index contributed by atoms with van der Waals surface area (Å²) in [5.41, 5.74) is 10.1. The molecule has 1 N–H and O–H groups in total. The van der Waals surface area contributed by atoms with Gasteiger partial charge in [0.25, 0.3) is 0 Å². The Morgan fingerprint density at radius 2 is 2.00 bits per heavy atom. The average molecular weight is 236 g/mol. The van der Waals surface area contributed by atoms with E-state index in [9.17, 15) is 8.42 Å². The van der Waals surface area contributed by atoms with E-state index in [1.165, 1.54) is 6.08 Å². The first-order valence-electron chi connectivity index (χ1n) is 4.52. The Morgan fingerprint density at radius 3 is 2.62 bits per heavy atom. The fraction of sp³-hybridized carbons (Fsp3) is 0.100. The normalized spacial score (nSPS) is 15.1. The van der Waals surface area contributed by atoms with Crippen LogP contribution in [0, 0.1) is 0 Å². The van der Waals surface area contributed by atoms with Crippen LogP contribution in [0.2, 0.25) is 0 Å². The van der Waals surface area contributed by atoms with E-state index < -0.39 is 10.1 Å². The highest BCUT2D eigenvalue weighted by atomic mass is 32.2. The summed E-state index contributed by atoms with van der Waals surface area (Å²) in [6.07, 6.45) is 1.71. The third-order valence-corrected chi connectivity index (χ3v) is 3.31. The predicted octanol–water partition coefficient (Wildman–Crippen LogP) is 1.03. The van der Waals surface area contributed by atoms with Gasteiger partial charge in [0.15, 0.2) is 4.91 Å². The van der Waals surface area contributed by atoms with Crippen molar-refractivity contribution >= 4 is 15.8 Å². The fourth-order valence-corrected chi connectivity index (χ4v) is 2.38. The van der Waals surface area contributed by atoms with Crippen LogP contribution < -0.4 is 0 Å². The van der Waals surface area contributed by atoms with E-state index in [1.54, 1.807) is 24.3 Å². The number of nitrogens with zero attached hydrogens (tertiary/aromatic N) is 2. The molecule has 6 heteroatoms. The third kappa shape index (κ3) is 1.69. The quantitative estimate of drug-likeness (QED) is 0.448. The molecule has 1 aliphatic rings. The molecule has 0 atom stereocenters. The first-order valence-corrected chi connectivity index (χ1v) is 5.96. The second-order valence-corrected chi connectivity index (χ2v) is 4.74. The van der Waals surface area contributed by atoms with Crippen LogP contribution in [-0.4, -0.2) is 23.5 Å². The van der Waals surface area contributed by atoms with Gasteiger partial charge in [0.2, 0.25) is 0 Å². The van der Waals surface area contributed by atoms with Gasteiger partial charge in [-0.3, -0.25) is 4.55 Å². The van der Waals surface area contributed by atoms with E-state index in [1.807, 2.05) is 0 Å². The van der Waals surface area contributed by atoms with E-state index in [2.05, 4.69) is 4.79 Å². The van der Waals surface area contributed by atoms with Crippen molar-refractivity contribution in [2.24, 2.45) is 0 Å². The van der Waals surface area contributed by atoms with E-state index >= 15 is 0 Å². The van der Waals surface area contributed by atoms with Crippen LogP contribution in [0.15, 0.2) is 35.2 Å². The van der Waals surface area contributed by atoms with Gasteiger partial charge in [-0.1, -0.05) is 24.3 Å². The molecule has 0 radical (unpaired) electrons. The molecule has 0 bridgehead atoms.